The van der Waals surface area contributed by atoms with Crippen LogP contribution in [0.3, 0.4) is 0 Å². The summed E-state index contributed by atoms with van der Waals surface area (Å²) in [6, 6.07) is 2.94. The van der Waals surface area contributed by atoms with E-state index in [9.17, 15) is 13.2 Å². The summed E-state index contributed by atoms with van der Waals surface area (Å²) >= 11 is 0. The summed E-state index contributed by atoms with van der Waals surface area (Å²) in [5.41, 5.74) is 2.01. The lowest BCUT2D eigenvalue weighted by Gasteiger charge is -2.15. The highest BCUT2D eigenvalue weighted by Gasteiger charge is 2.27. The second kappa shape index (κ2) is 3.49. The zero-order valence-corrected chi connectivity index (χ0v) is 10.1. The Hall–Kier alpha value is -2.02. The first-order chi connectivity index (χ1) is 8.46. The van der Waals surface area contributed by atoms with Crippen LogP contribution in [0, 0.1) is 0 Å². The van der Waals surface area contributed by atoms with Crippen molar-refractivity contribution in [2.24, 2.45) is 0 Å². The van der Waals surface area contributed by atoms with Crippen LogP contribution < -0.4 is 9.62 Å². The molecule has 6 nitrogen and oxygen atoms in total. The number of aromatic carboxylic acids is 1. The Balaban J connectivity index is 2.25. The average molecular weight is 266 g/mol. The van der Waals surface area contributed by atoms with Gasteiger partial charge in [0.25, 0.3) is 10.0 Å². The third-order valence-electron chi connectivity index (χ3n) is 3.02. The summed E-state index contributed by atoms with van der Waals surface area (Å²) in [6.45, 7) is 0.652. The van der Waals surface area contributed by atoms with E-state index in [1.165, 1.54) is 12.3 Å². The van der Waals surface area contributed by atoms with Gasteiger partial charge in [-0.05, 0) is 24.1 Å². The molecular formula is C11H10N2O4S. The molecule has 1 aromatic carbocycles. The van der Waals surface area contributed by atoms with Crippen molar-refractivity contribution >= 4 is 27.4 Å². The van der Waals surface area contributed by atoms with Gasteiger partial charge >= 0.3 is 5.97 Å². The van der Waals surface area contributed by atoms with Gasteiger partial charge in [-0.1, -0.05) is 0 Å². The minimum atomic E-state index is -3.56. The molecule has 0 amide bonds. The van der Waals surface area contributed by atoms with E-state index in [2.05, 4.69) is 4.72 Å². The molecule has 0 saturated carbocycles. The van der Waals surface area contributed by atoms with Gasteiger partial charge in [0, 0.05) is 12.7 Å². The maximum Gasteiger partial charge on any atom is 0.335 e. The Morgan fingerprint density at radius 2 is 2.17 bits per heavy atom. The second-order valence-corrected chi connectivity index (χ2v) is 5.78. The van der Waals surface area contributed by atoms with Gasteiger partial charge in [0.05, 0.1) is 22.3 Å². The number of benzene rings is 1. The van der Waals surface area contributed by atoms with Gasteiger partial charge in [0.2, 0.25) is 0 Å². The topological polar surface area (TPSA) is 86.7 Å². The molecule has 0 radical (unpaired) electrons. The summed E-state index contributed by atoms with van der Waals surface area (Å²) in [5, 5.41) is 10.1. The first-order valence-corrected chi connectivity index (χ1v) is 6.89. The Kier molecular flexibility index (Phi) is 2.15. The van der Waals surface area contributed by atoms with Crippen molar-refractivity contribution in [3.63, 3.8) is 0 Å². The number of hydrogen-bond acceptors (Lipinski definition) is 4. The van der Waals surface area contributed by atoms with Gasteiger partial charge in [-0.3, -0.25) is 4.72 Å². The zero-order valence-electron chi connectivity index (χ0n) is 9.25. The largest absolute Gasteiger partial charge is 0.478 e. The normalized spacial score (nSPS) is 19.0. The van der Waals surface area contributed by atoms with E-state index >= 15 is 0 Å². The number of nitrogens with zero attached hydrogens (tertiary/aromatic N) is 1. The molecule has 2 aliphatic rings. The Labute approximate surface area is 104 Å². The maximum atomic E-state index is 11.6. The lowest BCUT2D eigenvalue weighted by molar-refractivity contribution is 0.0697. The number of hydrogen-bond donors (Lipinski definition) is 2. The predicted octanol–water partition coefficient (Wildman–Crippen LogP) is 0.974. The van der Waals surface area contributed by atoms with Gasteiger partial charge in [0.1, 0.15) is 0 Å². The number of carbonyl (C=O) groups is 1. The van der Waals surface area contributed by atoms with Crippen molar-refractivity contribution in [3.05, 3.63) is 34.9 Å². The van der Waals surface area contributed by atoms with E-state index in [0.29, 0.717) is 18.7 Å². The summed E-state index contributed by atoms with van der Waals surface area (Å²) in [7, 11) is -3.56. The van der Waals surface area contributed by atoms with E-state index in [1.54, 1.807) is 6.07 Å². The van der Waals surface area contributed by atoms with E-state index < -0.39 is 16.0 Å². The van der Waals surface area contributed by atoms with Gasteiger partial charge in [0.15, 0.2) is 0 Å². The highest BCUT2D eigenvalue weighted by Crippen LogP contribution is 2.39. The monoisotopic (exact) mass is 266 g/mol. The average Bonchev–Trinajstić information content (AvgIpc) is 2.63. The fourth-order valence-electron chi connectivity index (χ4n) is 2.27. The van der Waals surface area contributed by atoms with Crippen molar-refractivity contribution in [1.29, 1.82) is 0 Å². The molecule has 0 atom stereocenters. The minimum Gasteiger partial charge on any atom is -0.478 e. The first-order valence-electron chi connectivity index (χ1n) is 5.34. The maximum absolute atomic E-state index is 11.6. The third kappa shape index (κ3) is 1.63. The van der Waals surface area contributed by atoms with E-state index in [0.717, 1.165) is 16.7 Å². The van der Waals surface area contributed by atoms with Crippen LogP contribution in [0.4, 0.5) is 11.4 Å². The third-order valence-corrected chi connectivity index (χ3v) is 4.00. The number of sulfonamides is 1. The summed E-state index contributed by atoms with van der Waals surface area (Å²) < 4.78 is 25.6. The summed E-state index contributed by atoms with van der Waals surface area (Å²) in [6.07, 6.45) is 2.21. The second-order valence-electron chi connectivity index (χ2n) is 4.21. The molecule has 0 aromatic heterocycles. The molecule has 2 aliphatic heterocycles. The van der Waals surface area contributed by atoms with Crippen LogP contribution in [0.1, 0.15) is 15.9 Å². The molecule has 0 saturated heterocycles. The van der Waals surface area contributed by atoms with E-state index in [4.69, 9.17) is 5.11 Å². The molecule has 1 aromatic rings. The van der Waals surface area contributed by atoms with Gasteiger partial charge in [-0.15, -0.1) is 0 Å². The van der Waals surface area contributed by atoms with Crippen LogP contribution in [0.5, 0.6) is 0 Å². The molecule has 2 heterocycles. The van der Waals surface area contributed by atoms with E-state index in [1.807, 2.05) is 4.90 Å². The van der Waals surface area contributed by atoms with Crippen LogP contribution in [0.15, 0.2) is 23.7 Å². The molecule has 0 spiro atoms. The van der Waals surface area contributed by atoms with Crippen LogP contribution in [0.25, 0.3) is 0 Å². The van der Waals surface area contributed by atoms with Crippen molar-refractivity contribution in [3.8, 4) is 0 Å². The standard InChI is InChI=1S/C11H10N2O4S/c14-11(15)8-5-7-1-2-13-3-4-18(16,17)12-9(6-8)10(7)13/h3-6,12H,1-2H2,(H,14,15). The lowest BCUT2D eigenvalue weighted by atomic mass is 10.1. The number of anilines is 2. The van der Waals surface area contributed by atoms with Crippen molar-refractivity contribution < 1.29 is 18.3 Å². The molecular weight excluding hydrogens is 256 g/mol. The molecule has 0 aliphatic carbocycles. The van der Waals surface area contributed by atoms with Gasteiger partial charge in [-0.2, -0.15) is 0 Å². The summed E-state index contributed by atoms with van der Waals surface area (Å²) in [4.78, 5) is 12.8. The highest BCUT2D eigenvalue weighted by atomic mass is 32.2. The minimum absolute atomic E-state index is 0.0928. The molecule has 2 N–H and O–H groups in total. The molecule has 7 heteroatoms. The van der Waals surface area contributed by atoms with Crippen molar-refractivity contribution in [2.45, 2.75) is 6.42 Å². The molecule has 94 valence electrons. The van der Waals surface area contributed by atoms with Crippen molar-refractivity contribution in [1.82, 2.24) is 0 Å². The zero-order chi connectivity index (χ0) is 12.9. The first kappa shape index (κ1) is 11.1. The van der Waals surface area contributed by atoms with Crippen LogP contribution in [0.2, 0.25) is 0 Å². The number of nitrogens with one attached hydrogen (secondary N) is 1. The SMILES string of the molecule is O=C(O)c1cc2c3c(c1)NS(=O)(=O)C=CN3CC2. The predicted molar refractivity (Wildman–Crippen MR) is 66.1 cm³/mol. The van der Waals surface area contributed by atoms with Crippen molar-refractivity contribution in [2.75, 3.05) is 16.2 Å². The molecule has 18 heavy (non-hydrogen) atoms. The molecule has 0 unspecified atom stereocenters. The fraction of sp³-hybridized carbons (Fsp3) is 0.182. The Morgan fingerprint density at radius 1 is 1.39 bits per heavy atom. The lowest BCUT2D eigenvalue weighted by Crippen LogP contribution is -2.11. The van der Waals surface area contributed by atoms with Crippen LogP contribution >= 0.6 is 0 Å². The van der Waals surface area contributed by atoms with Gasteiger partial charge < -0.3 is 10.0 Å². The van der Waals surface area contributed by atoms with Gasteiger partial charge in [-0.25, -0.2) is 13.2 Å². The van der Waals surface area contributed by atoms with Crippen LogP contribution in [-0.4, -0.2) is 26.0 Å². The number of carboxylic acid groups (broad SMARTS) is 1. The Morgan fingerprint density at radius 3 is 2.89 bits per heavy atom. The fourth-order valence-corrected chi connectivity index (χ4v) is 3.11. The number of carboxylic acids is 1. The summed E-state index contributed by atoms with van der Waals surface area (Å²) in [5.74, 6) is -1.07. The molecule has 0 fully saturated rings. The molecule has 0 bridgehead atoms. The molecule has 3 rings (SSSR count). The number of rotatable bonds is 1. The van der Waals surface area contributed by atoms with Crippen LogP contribution in [-0.2, 0) is 16.4 Å². The highest BCUT2D eigenvalue weighted by molar-refractivity contribution is 7.95. The smallest absolute Gasteiger partial charge is 0.335 e. The quantitative estimate of drug-likeness (QED) is 0.791. The van der Waals surface area contributed by atoms with E-state index in [-0.39, 0.29) is 5.56 Å². The Bertz CT molecular complexity index is 679.